The van der Waals surface area contributed by atoms with Crippen LogP contribution in [0.1, 0.15) is 18.4 Å². The van der Waals surface area contributed by atoms with E-state index in [2.05, 4.69) is 5.32 Å². The third-order valence-corrected chi connectivity index (χ3v) is 6.14. The number of nitrogens with zero attached hydrogens (tertiary/aromatic N) is 2. The predicted octanol–water partition coefficient (Wildman–Crippen LogP) is 0.921. The summed E-state index contributed by atoms with van der Waals surface area (Å²) in [5.41, 5.74) is 1.14. The Bertz CT molecular complexity index is 696. The van der Waals surface area contributed by atoms with Crippen molar-refractivity contribution in [3.8, 4) is 6.07 Å². The number of sulfonamides is 1. The third kappa shape index (κ3) is 2.77. The van der Waals surface area contributed by atoms with E-state index in [1.165, 1.54) is 4.31 Å². The zero-order valence-corrected chi connectivity index (χ0v) is 12.1. The lowest BCUT2D eigenvalue weighted by Gasteiger charge is -2.37. The maximum Gasteiger partial charge on any atom is 0.230 e. The lowest BCUT2D eigenvalue weighted by atomic mass is 10.0. The monoisotopic (exact) mass is 305 g/mol. The second-order valence-corrected chi connectivity index (χ2v) is 7.65. The van der Waals surface area contributed by atoms with Crippen LogP contribution in [0.4, 0.5) is 5.69 Å². The summed E-state index contributed by atoms with van der Waals surface area (Å²) in [6.45, 7) is 0.530. The van der Waals surface area contributed by atoms with E-state index in [0.29, 0.717) is 11.3 Å². The van der Waals surface area contributed by atoms with Gasteiger partial charge in [0.05, 0.1) is 22.8 Å². The molecule has 1 amide bonds. The van der Waals surface area contributed by atoms with Crippen molar-refractivity contribution in [3.05, 3.63) is 29.8 Å². The van der Waals surface area contributed by atoms with Crippen LogP contribution in [0.3, 0.4) is 0 Å². The molecule has 1 aliphatic heterocycles. The molecule has 0 spiro atoms. The molecule has 6 nitrogen and oxygen atoms in total. The molecule has 110 valence electrons. The molecular formula is C14H15N3O3S. The molecule has 2 aliphatic rings. The van der Waals surface area contributed by atoms with Gasteiger partial charge in [0.15, 0.2) is 0 Å². The average molecular weight is 305 g/mol. The molecule has 1 aromatic rings. The number of carbonyl (C=O) groups excluding carboxylic acids is 1. The minimum atomic E-state index is -3.16. The summed E-state index contributed by atoms with van der Waals surface area (Å²) in [4.78, 5) is 12.0. The Morgan fingerprint density at radius 1 is 1.24 bits per heavy atom. The Morgan fingerprint density at radius 3 is 2.38 bits per heavy atom. The van der Waals surface area contributed by atoms with Crippen molar-refractivity contribution in [2.75, 3.05) is 18.4 Å². The smallest absolute Gasteiger partial charge is 0.230 e. The van der Waals surface area contributed by atoms with Gasteiger partial charge in [-0.2, -0.15) is 9.57 Å². The maximum absolute atomic E-state index is 12.0. The number of anilines is 1. The number of nitriles is 1. The Morgan fingerprint density at radius 2 is 1.86 bits per heavy atom. The number of amides is 1. The largest absolute Gasteiger partial charge is 0.326 e. The first-order valence-electron chi connectivity index (χ1n) is 6.80. The maximum atomic E-state index is 12.0. The quantitative estimate of drug-likeness (QED) is 0.895. The Labute approximate surface area is 123 Å². The lowest BCUT2D eigenvalue weighted by molar-refractivity contribution is -0.122. The van der Waals surface area contributed by atoms with Crippen LogP contribution >= 0.6 is 0 Å². The number of rotatable bonds is 4. The molecule has 2 fully saturated rings. The molecule has 21 heavy (non-hydrogen) atoms. The van der Waals surface area contributed by atoms with Crippen molar-refractivity contribution in [2.45, 2.75) is 18.1 Å². The van der Waals surface area contributed by atoms with Crippen molar-refractivity contribution in [3.63, 3.8) is 0 Å². The molecule has 0 bridgehead atoms. The van der Waals surface area contributed by atoms with Gasteiger partial charge in [-0.25, -0.2) is 8.42 Å². The topological polar surface area (TPSA) is 90.3 Å². The first-order valence-corrected chi connectivity index (χ1v) is 8.31. The van der Waals surface area contributed by atoms with Gasteiger partial charge < -0.3 is 5.32 Å². The molecule has 0 aromatic heterocycles. The van der Waals surface area contributed by atoms with E-state index in [9.17, 15) is 13.2 Å². The van der Waals surface area contributed by atoms with Gasteiger partial charge in [0.25, 0.3) is 0 Å². The molecule has 1 N–H and O–H groups in total. The van der Waals surface area contributed by atoms with E-state index in [4.69, 9.17) is 5.26 Å². The predicted molar refractivity (Wildman–Crippen MR) is 76.8 cm³/mol. The number of hydrogen-bond donors (Lipinski definition) is 1. The van der Waals surface area contributed by atoms with Gasteiger partial charge in [0, 0.05) is 18.8 Å². The van der Waals surface area contributed by atoms with Crippen LogP contribution in [0, 0.1) is 17.2 Å². The number of nitrogens with one attached hydrogen (secondary N) is 1. The lowest BCUT2D eigenvalue weighted by Crippen LogP contribution is -2.55. The van der Waals surface area contributed by atoms with E-state index < -0.39 is 10.0 Å². The molecule has 0 radical (unpaired) electrons. The standard InChI is InChI=1S/C14H15N3O3S/c15-7-10-1-3-12(4-2-10)16-14(18)11-8-17(9-11)21(19,20)13-5-6-13/h1-4,11,13H,5-6,8-9H2,(H,16,18). The molecule has 0 atom stereocenters. The van der Waals surface area contributed by atoms with Crippen molar-refractivity contribution in [1.82, 2.24) is 4.31 Å². The number of hydrogen-bond acceptors (Lipinski definition) is 4. The highest BCUT2D eigenvalue weighted by Gasteiger charge is 2.46. The van der Waals surface area contributed by atoms with Crippen molar-refractivity contribution < 1.29 is 13.2 Å². The fourth-order valence-electron chi connectivity index (χ4n) is 2.26. The van der Waals surface area contributed by atoms with Crippen molar-refractivity contribution in [2.24, 2.45) is 5.92 Å². The first-order chi connectivity index (χ1) is 10.0. The minimum absolute atomic E-state index is 0.179. The van der Waals surface area contributed by atoms with Crippen LogP contribution in [0.15, 0.2) is 24.3 Å². The summed E-state index contributed by atoms with van der Waals surface area (Å²) in [5.74, 6) is -0.476. The SMILES string of the molecule is N#Cc1ccc(NC(=O)C2CN(S(=O)(=O)C3CC3)C2)cc1. The van der Waals surface area contributed by atoms with E-state index in [0.717, 1.165) is 12.8 Å². The van der Waals surface area contributed by atoms with Gasteiger partial charge in [0.1, 0.15) is 0 Å². The average Bonchev–Trinajstić information content (AvgIpc) is 3.22. The number of benzene rings is 1. The van der Waals surface area contributed by atoms with E-state index >= 15 is 0 Å². The molecule has 1 heterocycles. The van der Waals surface area contributed by atoms with Crippen LogP contribution in [-0.2, 0) is 14.8 Å². The number of carbonyl (C=O) groups is 1. The molecular weight excluding hydrogens is 290 g/mol. The Balaban J connectivity index is 1.54. The van der Waals surface area contributed by atoms with Gasteiger partial charge in [-0.15, -0.1) is 0 Å². The second kappa shape index (κ2) is 5.13. The van der Waals surface area contributed by atoms with Crippen LogP contribution in [0.5, 0.6) is 0 Å². The van der Waals surface area contributed by atoms with Gasteiger partial charge >= 0.3 is 0 Å². The van der Waals surface area contributed by atoms with Gasteiger partial charge in [-0.1, -0.05) is 0 Å². The molecule has 1 saturated carbocycles. The van der Waals surface area contributed by atoms with Crippen LogP contribution in [-0.4, -0.2) is 37.0 Å². The Hall–Kier alpha value is -1.91. The van der Waals surface area contributed by atoms with E-state index in [1.54, 1.807) is 24.3 Å². The fourth-order valence-corrected chi connectivity index (χ4v) is 4.19. The normalized spacial score (nSPS) is 19.6. The van der Waals surface area contributed by atoms with E-state index in [1.807, 2.05) is 6.07 Å². The third-order valence-electron chi connectivity index (χ3n) is 3.81. The van der Waals surface area contributed by atoms with E-state index in [-0.39, 0.29) is 30.2 Å². The van der Waals surface area contributed by atoms with Gasteiger partial charge in [-0.05, 0) is 37.1 Å². The van der Waals surface area contributed by atoms with Crippen molar-refractivity contribution >= 4 is 21.6 Å². The summed E-state index contributed by atoms with van der Waals surface area (Å²) in [6, 6.07) is 8.58. The minimum Gasteiger partial charge on any atom is -0.326 e. The highest BCUT2D eigenvalue weighted by Crippen LogP contribution is 2.34. The summed E-state index contributed by atoms with van der Waals surface area (Å²) >= 11 is 0. The zero-order chi connectivity index (χ0) is 15.0. The second-order valence-electron chi connectivity index (χ2n) is 5.44. The molecule has 1 aliphatic carbocycles. The molecule has 1 aromatic carbocycles. The highest BCUT2D eigenvalue weighted by molar-refractivity contribution is 7.90. The highest BCUT2D eigenvalue weighted by atomic mass is 32.2. The van der Waals surface area contributed by atoms with Crippen LogP contribution in [0.2, 0.25) is 0 Å². The fraction of sp³-hybridized carbons (Fsp3) is 0.429. The molecule has 1 saturated heterocycles. The van der Waals surface area contributed by atoms with Crippen LogP contribution < -0.4 is 5.32 Å². The molecule has 7 heteroatoms. The summed E-state index contributed by atoms with van der Waals surface area (Å²) in [5, 5.41) is 11.2. The summed E-state index contributed by atoms with van der Waals surface area (Å²) in [6.07, 6.45) is 1.47. The summed E-state index contributed by atoms with van der Waals surface area (Å²) in [7, 11) is -3.16. The molecule has 3 rings (SSSR count). The van der Waals surface area contributed by atoms with Gasteiger partial charge in [0.2, 0.25) is 15.9 Å². The van der Waals surface area contributed by atoms with Crippen molar-refractivity contribution in [1.29, 1.82) is 5.26 Å². The Kier molecular flexibility index (Phi) is 3.43. The van der Waals surface area contributed by atoms with Gasteiger partial charge in [-0.3, -0.25) is 4.79 Å². The summed E-state index contributed by atoms with van der Waals surface area (Å²) < 4.78 is 25.3. The zero-order valence-electron chi connectivity index (χ0n) is 11.3. The molecule has 0 unspecified atom stereocenters. The first kappa shape index (κ1) is 14.0. The van der Waals surface area contributed by atoms with Crippen LogP contribution in [0.25, 0.3) is 0 Å².